The first kappa shape index (κ1) is 18.4. The van der Waals surface area contributed by atoms with Crippen LogP contribution in [0.5, 0.6) is 0 Å². The summed E-state index contributed by atoms with van der Waals surface area (Å²) in [5.41, 5.74) is 6.93. The predicted octanol–water partition coefficient (Wildman–Crippen LogP) is 5.96. The molecule has 146 valence electrons. The van der Waals surface area contributed by atoms with Crippen molar-refractivity contribution in [1.82, 2.24) is 0 Å². The van der Waals surface area contributed by atoms with E-state index in [2.05, 4.69) is 66.7 Å². The van der Waals surface area contributed by atoms with Gasteiger partial charge in [0, 0.05) is 11.6 Å². The predicted molar refractivity (Wildman–Crippen MR) is 122 cm³/mol. The summed E-state index contributed by atoms with van der Waals surface area (Å²) >= 11 is 0. The normalized spacial score (nSPS) is 15.1. The number of hydrogen-bond donors (Lipinski definition) is 0. The van der Waals surface area contributed by atoms with Gasteiger partial charge in [0.2, 0.25) is 5.91 Å². The molecule has 1 amide bonds. The number of nitrogens with zero attached hydrogens (tertiary/aromatic N) is 1. The number of anilines is 1. The molecule has 0 saturated carbocycles. The molecule has 4 aromatic rings. The van der Waals surface area contributed by atoms with Gasteiger partial charge in [0.15, 0.2) is 0 Å². The van der Waals surface area contributed by atoms with Crippen molar-refractivity contribution < 1.29 is 4.79 Å². The second-order valence-electron chi connectivity index (χ2n) is 7.74. The van der Waals surface area contributed by atoms with E-state index >= 15 is 0 Å². The lowest BCUT2D eigenvalue weighted by molar-refractivity contribution is -0.118. The van der Waals surface area contributed by atoms with Crippen LogP contribution in [-0.4, -0.2) is 5.91 Å². The fraction of sp³-hybridized carbons (Fsp3) is 0.107. The van der Waals surface area contributed by atoms with E-state index in [1.165, 1.54) is 22.3 Å². The molecular formula is C28H23NO. The van der Waals surface area contributed by atoms with Gasteiger partial charge in [-0.05, 0) is 33.9 Å². The summed E-state index contributed by atoms with van der Waals surface area (Å²) in [6.07, 6.45) is 0.396. The van der Waals surface area contributed by atoms with Crippen molar-refractivity contribution in [1.29, 1.82) is 0 Å². The van der Waals surface area contributed by atoms with E-state index in [1.54, 1.807) is 0 Å². The maximum atomic E-state index is 13.5. The van der Waals surface area contributed by atoms with Crippen LogP contribution in [0.4, 0.5) is 5.69 Å². The van der Waals surface area contributed by atoms with Gasteiger partial charge in [0.25, 0.3) is 0 Å². The zero-order valence-corrected chi connectivity index (χ0v) is 16.7. The molecule has 2 nitrogen and oxygen atoms in total. The van der Waals surface area contributed by atoms with Gasteiger partial charge in [0.05, 0.1) is 13.0 Å². The number of rotatable bonds is 3. The third-order valence-corrected chi connectivity index (χ3v) is 5.87. The van der Waals surface area contributed by atoms with Crippen molar-refractivity contribution >= 4 is 11.6 Å². The van der Waals surface area contributed by atoms with Crippen LogP contribution in [0.25, 0.3) is 0 Å². The summed E-state index contributed by atoms with van der Waals surface area (Å²) in [7, 11) is 0. The number of fused-ring (bicyclic) bond motifs is 2. The SMILES string of the molecule is O=C(Cc1ccccc1)N1Cc2ccccc2C(c2ccccc2)c2ccccc21. The minimum absolute atomic E-state index is 0.105. The van der Waals surface area contributed by atoms with Crippen LogP contribution in [0.3, 0.4) is 0 Å². The molecule has 1 heterocycles. The first-order valence-corrected chi connectivity index (χ1v) is 10.4. The minimum Gasteiger partial charge on any atom is -0.307 e. The Hall–Kier alpha value is -3.65. The molecule has 1 unspecified atom stereocenters. The molecule has 2 heteroatoms. The average molecular weight is 389 g/mol. The van der Waals surface area contributed by atoms with Crippen LogP contribution in [-0.2, 0) is 17.8 Å². The summed E-state index contributed by atoms with van der Waals surface area (Å²) < 4.78 is 0. The molecule has 1 aliphatic rings. The summed E-state index contributed by atoms with van der Waals surface area (Å²) in [6.45, 7) is 0.586. The van der Waals surface area contributed by atoms with E-state index < -0.39 is 0 Å². The molecule has 0 N–H and O–H groups in total. The second-order valence-corrected chi connectivity index (χ2v) is 7.74. The molecule has 0 saturated heterocycles. The Balaban J connectivity index is 1.65. The molecule has 5 rings (SSSR count). The van der Waals surface area contributed by atoms with E-state index in [-0.39, 0.29) is 11.8 Å². The van der Waals surface area contributed by atoms with Crippen molar-refractivity contribution in [3.63, 3.8) is 0 Å². The Morgan fingerprint density at radius 2 is 1.30 bits per heavy atom. The van der Waals surface area contributed by atoms with Crippen molar-refractivity contribution in [2.75, 3.05) is 4.90 Å². The molecule has 0 spiro atoms. The van der Waals surface area contributed by atoms with E-state index in [9.17, 15) is 4.79 Å². The Morgan fingerprint density at radius 3 is 2.07 bits per heavy atom. The largest absolute Gasteiger partial charge is 0.307 e. The van der Waals surface area contributed by atoms with Crippen molar-refractivity contribution in [2.45, 2.75) is 18.9 Å². The van der Waals surface area contributed by atoms with Crippen molar-refractivity contribution in [3.8, 4) is 0 Å². The highest BCUT2D eigenvalue weighted by atomic mass is 16.2. The first-order chi connectivity index (χ1) is 14.8. The molecule has 30 heavy (non-hydrogen) atoms. The summed E-state index contributed by atoms with van der Waals surface area (Å²) in [6, 6.07) is 37.4. The highest BCUT2D eigenvalue weighted by Crippen LogP contribution is 2.42. The summed E-state index contributed by atoms with van der Waals surface area (Å²) in [5.74, 6) is 0.227. The Labute approximate surface area is 177 Å². The molecule has 0 aliphatic carbocycles. The number of benzene rings is 4. The lowest BCUT2D eigenvalue weighted by Gasteiger charge is -2.24. The van der Waals surface area contributed by atoms with E-state index in [4.69, 9.17) is 0 Å². The minimum atomic E-state index is 0.105. The quantitative estimate of drug-likeness (QED) is 0.424. The maximum absolute atomic E-state index is 13.5. The lowest BCUT2D eigenvalue weighted by atomic mass is 9.83. The first-order valence-electron chi connectivity index (χ1n) is 10.4. The number of carbonyl (C=O) groups is 1. The van der Waals surface area contributed by atoms with Crippen LogP contribution in [0.1, 0.15) is 33.7 Å². The Kier molecular flexibility index (Phi) is 4.90. The van der Waals surface area contributed by atoms with E-state index in [0.717, 1.165) is 11.3 Å². The highest BCUT2D eigenvalue weighted by molar-refractivity contribution is 5.96. The number of hydrogen-bond acceptors (Lipinski definition) is 1. The molecule has 0 aromatic heterocycles. The molecule has 0 fully saturated rings. The Morgan fingerprint density at radius 1 is 0.700 bits per heavy atom. The van der Waals surface area contributed by atoms with Gasteiger partial charge in [-0.2, -0.15) is 0 Å². The smallest absolute Gasteiger partial charge is 0.231 e. The third kappa shape index (κ3) is 3.42. The van der Waals surface area contributed by atoms with Gasteiger partial charge >= 0.3 is 0 Å². The summed E-state index contributed by atoms with van der Waals surface area (Å²) in [5, 5.41) is 0. The second kappa shape index (κ2) is 8.00. The number of carbonyl (C=O) groups excluding carboxylic acids is 1. The standard InChI is InChI=1S/C28H23NO/c30-27(19-21-11-3-1-4-12-21)29-20-23-15-7-8-16-24(23)28(22-13-5-2-6-14-22)25-17-9-10-18-26(25)29/h1-18,28H,19-20H2. The van der Waals surface area contributed by atoms with Crippen LogP contribution >= 0.6 is 0 Å². The molecule has 1 aliphatic heterocycles. The van der Waals surface area contributed by atoms with Crippen LogP contribution < -0.4 is 4.90 Å². The van der Waals surface area contributed by atoms with Gasteiger partial charge < -0.3 is 4.90 Å². The van der Waals surface area contributed by atoms with Gasteiger partial charge in [-0.15, -0.1) is 0 Å². The molecule has 0 radical (unpaired) electrons. The van der Waals surface area contributed by atoms with Crippen molar-refractivity contribution in [3.05, 3.63) is 137 Å². The highest BCUT2D eigenvalue weighted by Gasteiger charge is 2.30. The molecule has 0 bridgehead atoms. The average Bonchev–Trinajstić information content (AvgIpc) is 2.95. The third-order valence-electron chi connectivity index (χ3n) is 5.87. The monoisotopic (exact) mass is 389 g/mol. The molecular weight excluding hydrogens is 366 g/mol. The van der Waals surface area contributed by atoms with Gasteiger partial charge in [-0.1, -0.05) is 103 Å². The van der Waals surface area contributed by atoms with Crippen LogP contribution in [0, 0.1) is 0 Å². The lowest BCUT2D eigenvalue weighted by Crippen LogP contribution is -2.31. The summed E-state index contributed by atoms with van der Waals surface area (Å²) in [4.78, 5) is 15.4. The topological polar surface area (TPSA) is 20.3 Å². The van der Waals surface area contributed by atoms with Crippen LogP contribution in [0.15, 0.2) is 109 Å². The number of para-hydroxylation sites is 1. The molecule has 4 aromatic carbocycles. The molecule has 1 atom stereocenters. The van der Waals surface area contributed by atoms with Gasteiger partial charge in [0.1, 0.15) is 0 Å². The van der Waals surface area contributed by atoms with E-state index in [0.29, 0.717) is 13.0 Å². The zero-order valence-electron chi connectivity index (χ0n) is 16.7. The van der Waals surface area contributed by atoms with E-state index in [1.807, 2.05) is 47.4 Å². The van der Waals surface area contributed by atoms with Gasteiger partial charge in [-0.3, -0.25) is 4.79 Å². The zero-order chi connectivity index (χ0) is 20.3. The maximum Gasteiger partial charge on any atom is 0.231 e. The van der Waals surface area contributed by atoms with Crippen LogP contribution in [0.2, 0.25) is 0 Å². The fourth-order valence-corrected chi connectivity index (χ4v) is 4.45. The van der Waals surface area contributed by atoms with Crippen molar-refractivity contribution in [2.24, 2.45) is 0 Å². The Bertz CT molecular complexity index is 1170. The van der Waals surface area contributed by atoms with Gasteiger partial charge in [-0.25, -0.2) is 0 Å². The fourth-order valence-electron chi connectivity index (χ4n) is 4.45. The number of amides is 1.